The molecule has 0 spiro atoms. The number of nitrogens with one attached hydrogen (secondary N) is 2. The van der Waals surface area contributed by atoms with Gasteiger partial charge in [-0.05, 0) is 75.8 Å². The Bertz CT molecular complexity index is 1240. The molecule has 3 aromatic rings. The third kappa shape index (κ3) is 8.15. The molecule has 0 bridgehead atoms. The van der Waals surface area contributed by atoms with Gasteiger partial charge in [0, 0.05) is 36.5 Å². The Kier molecular flexibility index (Phi) is 9.37. The number of aryl methyl sites for hydroxylation is 1. The van der Waals surface area contributed by atoms with Gasteiger partial charge in [0.05, 0.1) is 4.92 Å². The fourth-order valence-corrected chi connectivity index (χ4v) is 4.49. The van der Waals surface area contributed by atoms with Crippen molar-refractivity contribution in [1.82, 2.24) is 10.3 Å². The molecule has 3 N–H and O–H groups in total. The Morgan fingerprint density at radius 2 is 1.92 bits per heavy atom. The predicted molar refractivity (Wildman–Crippen MR) is 152 cm³/mol. The molecule has 2 aromatic carbocycles. The number of aliphatic hydroxyl groups excluding tert-OH is 1. The highest BCUT2D eigenvalue weighted by molar-refractivity contribution is 5.70. The highest BCUT2D eigenvalue weighted by Crippen LogP contribution is 2.36. The van der Waals surface area contributed by atoms with Crippen molar-refractivity contribution in [3.05, 3.63) is 82.0 Å². The lowest BCUT2D eigenvalue weighted by Crippen LogP contribution is -2.46. The molecule has 1 heterocycles. The summed E-state index contributed by atoms with van der Waals surface area (Å²) in [5.74, 6) is 2.23. The minimum atomic E-state index is -0.791. The van der Waals surface area contributed by atoms with E-state index in [1.165, 1.54) is 12.5 Å². The zero-order valence-corrected chi connectivity index (χ0v) is 22.9. The number of aliphatic hydroxyl groups is 1. The summed E-state index contributed by atoms with van der Waals surface area (Å²) in [6.45, 7) is 7.11. The molecule has 0 radical (unpaired) electrons. The standard InChI is InChI=1S/C30H38N4O5/c1-21-7-6-16-31-29(21)39-25-14-12-22(13-15-25)17-30(2,3)33-19-24(35)20-38-27-11-5-10-26(34(36)37)28(27)32-18-23-8-4-9-23/h5-7,10-16,23-24,32-33,35H,4,8-9,17-20H2,1-3H3/t24-/m0/s1. The molecule has 1 fully saturated rings. The molecule has 0 saturated heterocycles. The van der Waals surface area contributed by atoms with Gasteiger partial charge in [-0.25, -0.2) is 4.98 Å². The summed E-state index contributed by atoms with van der Waals surface area (Å²) in [5, 5.41) is 28.8. The first-order chi connectivity index (χ1) is 18.7. The van der Waals surface area contributed by atoms with E-state index in [9.17, 15) is 15.2 Å². The van der Waals surface area contributed by atoms with Crippen molar-refractivity contribution < 1.29 is 19.5 Å². The maximum atomic E-state index is 11.6. The van der Waals surface area contributed by atoms with Crippen LogP contribution in [0.4, 0.5) is 11.4 Å². The van der Waals surface area contributed by atoms with Crippen LogP contribution in [0, 0.1) is 23.0 Å². The van der Waals surface area contributed by atoms with Crippen LogP contribution in [-0.2, 0) is 6.42 Å². The lowest BCUT2D eigenvalue weighted by atomic mass is 9.85. The molecule has 1 aliphatic carbocycles. The summed E-state index contributed by atoms with van der Waals surface area (Å²) in [6.07, 6.45) is 5.12. The van der Waals surface area contributed by atoms with Crippen molar-refractivity contribution in [2.24, 2.45) is 5.92 Å². The van der Waals surface area contributed by atoms with Gasteiger partial charge in [-0.15, -0.1) is 0 Å². The van der Waals surface area contributed by atoms with E-state index in [2.05, 4.69) is 29.5 Å². The van der Waals surface area contributed by atoms with E-state index in [1.807, 2.05) is 43.3 Å². The highest BCUT2D eigenvalue weighted by atomic mass is 16.6. The number of hydrogen-bond donors (Lipinski definition) is 3. The number of nitro benzene ring substituents is 1. The van der Waals surface area contributed by atoms with E-state index in [0.29, 0.717) is 36.3 Å². The van der Waals surface area contributed by atoms with Gasteiger partial charge < -0.3 is 25.2 Å². The summed E-state index contributed by atoms with van der Waals surface area (Å²) in [7, 11) is 0. The fraction of sp³-hybridized carbons (Fsp3) is 0.433. The Morgan fingerprint density at radius 1 is 1.15 bits per heavy atom. The number of nitrogens with zero attached hydrogens (tertiary/aromatic N) is 2. The quantitative estimate of drug-likeness (QED) is 0.179. The molecule has 1 atom stereocenters. The van der Waals surface area contributed by atoms with Crippen molar-refractivity contribution in [2.45, 2.75) is 58.1 Å². The number of nitro groups is 1. The number of rotatable bonds is 14. The topological polar surface area (TPSA) is 119 Å². The minimum absolute atomic E-state index is 0.0152. The summed E-state index contributed by atoms with van der Waals surface area (Å²) < 4.78 is 11.7. The van der Waals surface area contributed by atoms with Crippen molar-refractivity contribution in [2.75, 3.05) is 25.0 Å². The first kappa shape index (κ1) is 28.3. The van der Waals surface area contributed by atoms with Crippen LogP contribution in [0.2, 0.25) is 0 Å². The van der Waals surface area contributed by atoms with E-state index in [-0.39, 0.29) is 17.8 Å². The Hall–Kier alpha value is -3.69. The van der Waals surface area contributed by atoms with E-state index in [0.717, 1.165) is 36.1 Å². The summed E-state index contributed by atoms with van der Waals surface area (Å²) in [6, 6.07) is 16.5. The number of ether oxygens (including phenoxy) is 2. The second-order valence-electron chi connectivity index (χ2n) is 10.9. The Labute approximate surface area is 229 Å². The van der Waals surface area contributed by atoms with Crippen LogP contribution in [0.25, 0.3) is 0 Å². The zero-order chi connectivity index (χ0) is 27.8. The third-order valence-electron chi connectivity index (χ3n) is 6.99. The predicted octanol–water partition coefficient (Wildman–Crippen LogP) is 5.65. The Morgan fingerprint density at radius 3 is 2.59 bits per heavy atom. The number of aromatic nitrogens is 1. The van der Waals surface area contributed by atoms with Gasteiger partial charge in [0.25, 0.3) is 5.69 Å². The first-order valence-electron chi connectivity index (χ1n) is 13.5. The van der Waals surface area contributed by atoms with Crippen molar-refractivity contribution >= 4 is 11.4 Å². The zero-order valence-electron chi connectivity index (χ0n) is 22.9. The second kappa shape index (κ2) is 12.9. The monoisotopic (exact) mass is 534 g/mol. The van der Waals surface area contributed by atoms with Gasteiger partial charge >= 0.3 is 0 Å². The molecule has 208 valence electrons. The van der Waals surface area contributed by atoms with Gasteiger partial charge in [0.1, 0.15) is 24.2 Å². The van der Waals surface area contributed by atoms with Gasteiger partial charge in [0.2, 0.25) is 5.88 Å². The van der Waals surface area contributed by atoms with Crippen LogP contribution >= 0.6 is 0 Å². The molecular formula is C30H38N4O5. The van der Waals surface area contributed by atoms with Gasteiger partial charge in [-0.2, -0.15) is 0 Å². The molecule has 4 rings (SSSR count). The largest absolute Gasteiger partial charge is 0.488 e. The lowest BCUT2D eigenvalue weighted by Gasteiger charge is -2.28. The number of hydrogen-bond acceptors (Lipinski definition) is 8. The number of pyridine rings is 1. The molecule has 0 amide bonds. The molecule has 39 heavy (non-hydrogen) atoms. The van der Waals surface area contributed by atoms with Crippen LogP contribution in [0.3, 0.4) is 0 Å². The number of para-hydroxylation sites is 1. The van der Waals surface area contributed by atoms with Gasteiger partial charge in [-0.1, -0.05) is 30.7 Å². The number of benzene rings is 2. The maximum absolute atomic E-state index is 11.6. The summed E-state index contributed by atoms with van der Waals surface area (Å²) in [5.41, 5.74) is 2.16. The van der Waals surface area contributed by atoms with Crippen molar-refractivity contribution in [1.29, 1.82) is 0 Å². The van der Waals surface area contributed by atoms with Crippen molar-refractivity contribution in [3.8, 4) is 17.4 Å². The van der Waals surface area contributed by atoms with E-state index < -0.39 is 11.0 Å². The lowest BCUT2D eigenvalue weighted by molar-refractivity contribution is -0.384. The number of anilines is 1. The molecule has 9 heteroatoms. The van der Waals surface area contributed by atoms with Crippen LogP contribution in [0.1, 0.15) is 44.2 Å². The second-order valence-corrected chi connectivity index (χ2v) is 10.9. The average molecular weight is 535 g/mol. The molecule has 0 unspecified atom stereocenters. The normalized spacial score (nSPS) is 14.4. The van der Waals surface area contributed by atoms with Crippen LogP contribution < -0.4 is 20.1 Å². The van der Waals surface area contributed by atoms with Crippen molar-refractivity contribution in [3.63, 3.8) is 0 Å². The molecule has 1 aromatic heterocycles. The third-order valence-corrected chi connectivity index (χ3v) is 6.99. The fourth-order valence-electron chi connectivity index (χ4n) is 4.49. The van der Waals surface area contributed by atoms with E-state index in [1.54, 1.807) is 18.3 Å². The van der Waals surface area contributed by atoms with E-state index in [4.69, 9.17) is 9.47 Å². The summed E-state index contributed by atoms with van der Waals surface area (Å²) >= 11 is 0. The smallest absolute Gasteiger partial charge is 0.296 e. The minimum Gasteiger partial charge on any atom is -0.488 e. The number of β-amino-alcohol motifs (C(OH)–C–C–N with tert-alkyl or cyclic N) is 1. The molecular weight excluding hydrogens is 496 g/mol. The van der Waals surface area contributed by atoms with Crippen LogP contribution in [0.15, 0.2) is 60.8 Å². The first-order valence-corrected chi connectivity index (χ1v) is 13.5. The molecule has 9 nitrogen and oxygen atoms in total. The molecule has 0 aliphatic heterocycles. The maximum Gasteiger partial charge on any atom is 0.296 e. The van der Waals surface area contributed by atoms with E-state index >= 15 is 0 Å². The van der Waals surface area contributed by atoms with Gasteiger partial charge in [0.15, 0.2) is 5.69 Å². The summed E-state index contributed by atoms with van der Waals surface area (Å²) in [4.78, 5) is 15.4. The molecule has 1 aliphatic rings. The van der Waals surface area contributed by atoms with Gasteiger partial charge in [-0.3, -0.25) is 10.1 Å². The van der Waals surface area contributed by atoms with Crippen LogP contribution in [0.5, 0.6) is 17.4 Å². The van der Waals surface area contributed by atoms with Crippen LogP contribution in [-0.4, -0.2) is 46.4 Å². The highest BCUT2D eigenvalue weighted by Gasteiger charge is 2.24. The molecule has 1 saturated carbocycles. The SMILES string of the molecule is Cc1cccnc1Oc1ccc(CC(C)(C)NC[C@H](O)COc2cccc([N+](=O)[O-])c2NCC2CCC2)cc1. The average Bonchev–Trinajstić information content (AvgIpc) is 2.88. The Balaban J connectivity index is 1.27.